The van der Waals surface area contributed by atoms with Crippen molar-refractivity contribution in [2.24, 2.45) is 0 Å². The third-order valence-electron chi connectivity index (χ3n) is 9.52. The van der Waals surface area contributed by atoms with Crippen LogP contribution in [0.15, 0.2) is 110 Å². The van der Waals surface area contributed by atoms with Gasteiger partial charge >= 0.3 is 30.8 Å². The van der Waals surface area contributed by atoms with Gasteiger partial charge in [0.1, 0.15) is 22.8 Å². The molecule has 67 heavy (non-hydrogen) atoms. The van der Waals surface area contributed by atoms with Gasteiger partial charge in [0.2, 0.25) is 0 Å². The van der Waals surface area contributed by atoms with Gasteiger partial charge in [0.25, 0.3) is 0 Å². The molecule has 0 bridgehead atoms. The Morgan fingerprint density at radius 1 is 0.597 bits per heavy atom. The van der Waals surface area contributed by atoms with Crippen molar-refractivity contribution in [3.8, 4) is 45.0 Å². The summed E-state index contributed by atoms with van der Waals surface area (Å²) in [7, 11) is 1.34. The van der Waals surface area contributed by atoms with Crippen molar-refractivity contribution in [3.05, 3.63) is 151 Å². The Morgan fingerprint density at radius 3 is 1.40 bits per heavy atom. The Kier molecular flexibility index (Phi) is 18.4. The second-order valence-electron chi connectivity index (χ2n) is 14.7. The zero-order chi connectivity index (χ0) is 46.4. The molecule has 0 aliphatic rings. The maximum Gasteiger partial charge on any atom is 1.00 e. The molecule has 0 saturated carbocycles. The van der Waals surface area contributed by atoms with Crippen molar-refractivity contribution in [1.82, 2.24) is 29.9 Å². The molecule has 338 valence electrons. The molecule has 4 N–H and O–H groups in total. The van der Waals surface area contributed by atoms with Gasteiger partial charge in [0, 0.05) is 56.8 Å². The number of hydrogen-bond acceptors (Lipinski definition) is 14. The van der Waals surface area contributed by atoms with Crippen molar-refractivity contribution >= 4 is 103 Å². The first-order chi connectivity index (χ1) is 31.2. The SMILES string of the molecule is CC(C)c1sc(Nc2ncc(-c3ccccn3)cc2C(=O)O)nc1-c1ccc(Cl)c(Cl)c1.COC(=O)c1cc(-c2ccccn2)cnc1Nc1nc(-c2ccc(Cl)c(Cl)c2)c(C(C)C)s1.[Li+].[OH-]. The third kappa shape index (κ3) is 12.6. The number of nitrogens with one attached hydrogen (secondary N) is 2. The number of ether oxygens (including phenoxy) is 1. The predicted octanol–water partition coefficient (Wildman–Crippen LogP) is 11.2. The average molecular weight is 1010 g/mol. The van der Waals surface area contributed by atoms with Gasteiger partial charge in [0.15, 0.2) is 10.3 Å². The van der Waals surface area contributed by atoms with E-state index in [4.69, 9.17) is 61.1 Å². The standard InChI is InChI=1S/C24H20Cl2N4O2S.C23H18Cl2N4O2S.Li.H2O/c1-13(2)21-20(14-7-8-17(25)18(26)11-14)29-24(33-21)30-22-16(23(31)32-3)10-15(12-28-22)19-6-4-5-9-27-19;1-12(2)20-19(13-6-7-16(24)17(25)10-13)28-23(32-20)29-21-15(22(30)31)9-14(11-27-21)18-5-3-4-8-26-18;;/h4-13H,1-3H3,(H,28,29,30);3-12H,1-2H3,(H,30,31)(H,27,28,29);;1H2/q;;+1;/p-1. The molecule has 6 aromatic heterocycles. The summed E-state index contributed by atoms with van der Waals surface area (Å²) in [6.07, 6.45) is 6.59. The number of aromatic nitrogens is 6. The van der Waals surface area contributed by atoms with Crippen molar-refractivity contribution in [2.75, 3.05) is 17.7 Å². The van der Waals surface area contributed by atoms with Crippen LogP contribution in [-0.2, 0) is 4.74 Å². The fourth-order valence-corrected chi connectivity index (χ4v) is 8.93. The maximum absolute atomic E-state index is 12.5. The van der Waals surface area contributed by atoms with Gasteiger partial charge in [-0.15, -0.1) is 22.7 Å². The number of aromatic carboxylic acids is 1. The largest absolute Gasteiger partial charge is 1.00 e. The Labute approximate surface area is 426 Å². The number of carbonyl (C=O) groups is 2. The van der Waals surface area contributed by atoms with Gasteiger partial charge in [-0.1, -0.05) is 98.4 Å². The van der Waals surface area contributed by atoms with Crippen LogP contribution < -0.4 is 29.5 Å². The van der Waals surface area contributed by atoms with E-state index >= 15 is 0 Å². The molecular weight excluding hydrogens is 969 g/mol. The van der Waals surface area contributed by atoms with Crippen LogP contribution in [0.5, 0.6) is 0 Å². The van der Waals surface area contributed by atoms with E-state index in [0.29, 0.717) is 58.7 Å². The summed E-state index contributed by atoms with van der Waals surface area (Å²) < 4.78 is 4.98. The molecule has 0 saturated heterocycles. The molecule has 8 aromatic rings. The number of nitrogens with zero attached hydrogens (tertiary/aromatic N) is 6. The average Bonchev–Trinajstić information content (AvgIpc) is 3.94. The molecular formula is C47H39Cl4LiN8O5S2. The van der Waals surface area contributed by atoms with Crippen LogP contribution in [0.25, 0.3) is 45.0 Å². The molecule has 2 aromatic carbocycles. The molecule has 20 heteroatoms. The molecule has 0 fully saturated rings. The molecule has 6 heterocycles. The summed E-state index contributed by atoms with van der Waals surface area (Å²) in [6.45, 7) is 8.33. The Hall–Kier alpha value is -5.44. The van der Waals surface area contributed by atoms with Gasteiger partial charge in [-0.25, -0.2) is 29.5 Å². The molecule has 13 nitrogen and oxygen atoms in total. The first-order valence-electron chi connectivity index (χ1n) is 19.8. The predicted molar refractivity (Wildman–Crippen MR) is 265 cm³/mol. The zero-order valence-corrected chi connectivity index (χ0v) is 41.3. The number of benzene rings is 2. The molecule has 0 atom stereocenters. The van der Waals surface area contributed by atoms with Gasteiger partial charge in [-0.3, -0.25) is 9.97 Å². The second kappa shape index (κ2) is 23.5. The number of methoxy groups -OCH3 is 1. The summed E-state index contributed by atoms with van der Waals surface area (Å²) in [5.41, 5.74) is 6.28. The molecule has 0 amide bonds. The number of esters is 1. The zero-order valence-electron chi connectivity index (χ0n) is 36.7. The molecule has 0 aliphatic heterocycles. The summed E-state index contributed by atoms with van der Waals surface area (Å²) >= 11 is 27.5. The van der Waals surface area contributed by atoms with Crippen LogP contribution >= 0.6 is 69.1 Å². The van der Waals surface area contributed by atoms with E-state index in [2.05, 4.69) is 58.3 Å². The Balaban J connectivity index is 0.000000244. The number of carboxylic acids is 1. The molecule has 0 unspecified atom stereocenters. The third-order valence-corrected chi connectivity index (χ3v) is 13.5. The quantitative estimate of drug-likeness (QED) is 0.0773. The number of rotatable bonds is 12. The van der Waals surface area contributed by atoms with E-state index < -0.39 is 11.9 Å². The first-order valence-corrected chi connectivity index (χ1v) is 23.0. The fraction of sp³-hybridized carbons (Fsp3) is 0.149. The van der Waals surface area contributed by atoms with Crippen LogP contribution in [-0.4, -0.2) is 59.5 Å². The van der Waals surface area contributed by atoms with Gasteiger partial charge in [-0.2, -0.15) is 0 Å². The van der Waals surface area contributed by atoms with E-state index in [1.165, 1.54) is 29.8 Å². The summed E-state index contributed by atoms with van der Waals surface area (Å²) in [5, 5.41) is 19.0. The van der Waals surface area contributed by atoms with E-state index in [1.807, 2.05) is 36.4 Å². The monoisotopic (exact) mass is 1010 g/mol. The van der Waals surface area contributed by atoms with Crippen LogP contribution in [0.3, 0.4) is 0 Å². The van der Waals surface area contributed by atoms with Crippen LogP contribution in [0, 0.1) is 0 Å². The van der Waals surface area contributed by atoms with Crippen molar-refractivity contribution < 1.29 is 43.8 Å². The maximum atomic E-state index is 12.5. The number of thiazole rings is 2. The van der Waals surface area contributed by atoms with Crippen molar-refractivity contribution in [2.45, 2.75) is 39.5 Å². The van der Waals surface area contributed by atoms with Crippen LogP contribution in [0.1, 0.15) is 70.0 Å². The van der Waals surface area contributed by atoms with Crippen LogP contribution in [0.4, 0.5) is 21.9 Å². The van der Waals surface area contributed by atoms with Gasteiger partial charge in [-0.05, 0) is 72.5 Å². The van der Waals surface area contributed by atoms with E-state index in [1.54, 1.807) is 73.3 Å². The molecule has 0 radical (unpaired) electrons. The first kappa shape index (κ1) is 52.5. The van der Waals surface area contributed by atoms with Crippen molar-refractivity contribution in [3.63, 3.8) is 0 Å². The number of pyridine rings is 4. The van der Waals surface area contributed by atoms with E-state index in [0.717, 1.165) is 32.3 Å². The van der Waals surface area contributed by atoms with Crippen molar-refractivity contribution in [1.29, 1.82) is 0 Å². The smallest absolute Gasteiger partial charge is 0.870 e. The summed E-state index contributed by atoms with van der Waals surface area (Å²) in [5.74, 6) is -0.613. The molecule has 0 aliphatic carbocycles. The summed E-state index contributed by atoms with van der Waals surface area (Å²) in [4.78, 5) is 53.4. The number of anilines is 4. The molecule has 8 rings (SSSR count). The molecule has 0 spiro atoms. The number of halogens is 4. The van der Waals surface area contributed by atoms with E-state index in [9.17, 15) is 14.7 Å². The van der Waals surface area contributed by atoms with Crippen LogP contribution in [0.2, 0.25) is 20.1 Å². The normalized spacial score (nSPS) is 10.7. The second-order valence-corrected chi connectivity index (χ2v) is 18.4. The van der Waals surface area contributed by atoms with E-state index in [-0.39, 0.29) is 53.1 Å². The number of carbonyl (C=O) groups excluding carboxylic acids is 1. The Bertz CT molecular complexity index is 3020. The summed E-state index contributed by atoms with van der Waals surface area (Å²) in [6, 6.07) is 25.1. The minimum absolute atomic E-state index is 0. The number of carboxylic acid groups (broad SMARTS) is 1. The minimum atomic E-state index is -1.09. The fourth-order valence-electron chi connectivity index (χ4n) is 6.36. The minimum Gasteiger partial charge on any atom is -0.870 e. The number of hydrogen-bond donors (Lipinski definition) is 3. The Morgan fingerprint density at radius 2 is 1.03 bits per heavy atom. The van der Waals surface area contributed by atoms with Gasteiger partial charge < -0.3 is 26.0 Å². The topological polar surface area (TPSA) is 195 Å². The van der Waals surface area contributed by atoms with Gasteiger partial charge in [0.05, 0.1) is 50.0 Å².